The van der Waals surface area contributed by atoms with Crippen LogP contribution in [-0.2, 0) is 15.4 Å². The lowest BCUT2D eigenvalue weighted by atomic mass is 10.1. The third-order valence-electron chi connectivity index (χ3n) is 2.81. The summed E-state index contributed by atoms with van der Waals surface area (Å²) in [6.07, 6.45) is 0. The Morgan fingerprint density at radius 2 is 1.62 bits per heavy atom. The lowest BCUT2D eigenvalue weighted by molar-refractivity contribution is 0.102. The molecule has 0 aromatic heterocycles. The average Bonchev–Trinajstić information content (AvgIpc) is 2.47. The summed E-state index contributed by atoms with van der Waals surface area (Å²) >= 11 is 3.34. The first kappa shape index (κ1) is 15.7. The van der Waals surface area contributed by atoms with Crippen LogP contribution in [0.15, 0.2) is 53.4 Å². The van der Waals surface area contributed by atoms with Gasteiger partial charge in [0.1, 0.15) is 0 Å². The summed E-state index contributed by atoms with van der Waals surface area (Å²) in [6, 6.07) is 12.8. The summed E-state index contributed by atoms with van der Waals surface area (Å²) in [5.74, 6) is -0.264. The zero-order chi connectivity index (χ0) is 15.5. The molecule has 0 radical (unpaired) electrons. The SMILES string of the molecule is NS(=O)(=O)c1ccc(NC(=O)c2ccc(CBr)cc2)cc1. The summed E-state index contributed by atoms with van der Waals surface area (Å²) in [7, 11) is -3.73. The first-order valence-electron chi connectivity index (χ1n) is 5.99. The number of halogens is 1. The molecule has 0 bridgehead atoms. The molecule has 0 heterocycles. The smallest absolute Gasteiger partial charge is 0.255 e. The van der Waals surface area contributed by atoms with Crippen LogP contribution in [0.5, 0.6) is 0 Å². The number of hydrogen-bond donors (Lipinski definition) is 2. The summed E-state index contributed by atoms with van der Waals surface area (Å²) in [6.45, 7) is 0. The first-order chi connectivity index (χ1) is 9.90. The zero-order valence-electron chi connectivity index (χ0n) is 10.9. The summed E-state index contributed by atoms with van der Waals surface area (Å²) < 4.78 is 22.3. The van der Waals surface area contributed by atoms with E-state index in [1.165, 1.54) is 24.3 Å². The third-order valence-corrected chi connectivity index (χ3v) is 4.39. The van der Waals surface area contributed by atoms with Crippen LogP contribution >= 0.6 is 15.9 Å². The maximum absolute atomic E-state index is 12.0. The second kappa shape index (κ2) is 6.38. The van der Waals surface area contributed by atoms with E-state index in [0.29, 0.717) is 11.3 Å². The molecule has 0 saturated heterocycles. The molecule has 0 atom stereocenters. The second-order valence-corrected chi connectivity index (χ2v) is 6.48. The minimum absolute atomic E-state index is 0.00201. The van der Waals surface area contributed by atoms with Gasteiger partial charge in [0, 0.05) is 16.6 Å². The van der Waals surface area contributed by atoms with Crippen LogP contribution in [0.3, 0.4) is 0 Å². The number of carbonyl (C=O) groups is 1. The Hall–Kier alpha value is -1.70. The number of primary sulfonamides is 1. The number of rotatable bonds is 4. The molecule has 2 rings (SSSR count). The third kappa shape index (κ3) is 4.13. The van der Waals surface area contributed by atoms with Gasteiger partial charge in [-0.1, -0.05) is 28.1 Å². The van der Waals surface area contributed by atoms with Gasteiger partial charge in [-0.25, -0.2) is 13.6 Å². The van der Waals surface area contributed by atoms with Crippen molar-refractivity contribution in [3.63, 3.8) is 0 Å². The molecule has 7 heteroatoms. The van der Waals surface area contributed by atoms with E-state index in [9.17, 15) is 13.2 Å². The Balaban J connectivity index is 2.12. The molecule has 3 N–H and O–H groups in total. The average molecular weight is 369 g/mol. The van der Waals surface area contributed by atoms with E-state index in [1.807, 2.05) is 12.1 Å². The largest absolute Gasteiger partial charge is 0.322 e. The molecule has 0 fully saturated rings. The van der Waals surface area contributed by atoms with Crippen LogP contribution in [0.4, 0.5) is 5.69 Å². The number of nitrogens with one attached hydrogen (secondary N) is 1. The van der Waals surface area contributed by atoms with Crippen molar-refractivity contribution in [3.8, 4) is 0 Å². The van der Waals surface area contributed by atoms with Crippen LogP contribution in [0.25, 0.3) is 0 Å². The van der Waals surface area contributed by atoms with Gasteiger partial charge in [0.05, 0.1) is 4.90 Å². The molecule has 1 amide bonds. The van der Waals surface area contributed by atoms with Gasteiger partial charge in [-0.2, -0.15) is 0 Å². The summed E-state index contributed by atoms with van der Waals surface area (Å²) in [4.78, 5) is 12.0. The topological polar surface area (TPSA) is 89.3 Å². The number of carbonyl (C=O) groups excluding carboxylic acids is 1. The second-order valence-electron chi connectivity index (χ2n) is 4.35. The molecule has 0 aliphatic carbocycles. The van der Waals surface area contributed by atoms with Crippen molar-refractivity contribution in [2.24, 2.45) is 5.14 Å². The van der Waals surface area contributed by atoms with Gasteiger partial charge in [0.25, 0.3) is 5.91 Å². The van der Waals surface area contributed by atoms with Crippen LogP contribution in [0.2, 0.25) is 0 Å². The zero-order valence-corrected chi connectivity index (χ0v) is 13.3. The van der Waals surface area contributed by atoms with Crippen molar-refractivity contribution in [3.05, 3.63) is 59.7 Å². The summed E-state index contributed by atoms with van der Waals surface area (Å²) in [5, 5.41) is 8.42. The van der Waals surface area contributed by atoms with Crippen molar-refractivity contribution in [1.82, 2.24) is 0 Å². The normalized spacial score (nSPS) is 11.1. The highest BCUT2D eigenvalue weighted by atomic mass is 79.9. The molecule has 110 valence electrons. The van der Waals surface area contributed by atoms with Crippen LogP contribution in [-0.4, -0.2) is 14.3 Å². The Morgan fingerprint density at radius 3 is 2.10 bits per heavy atom. The lowest BCUT2D eigenvalue weighted by Gasteiger charge is -2.06. The maximum Gasteiger partial charge on any atom is 0.255 e. The van der Waals surface area contributed by atoms with E-state index in [1.54, 1.807) is 12.1 Å². The molecule has 0 saturated carbocycles. The number of sulfonamides is 1. The van der Waals surface area contributed by atoms with Gasteiger partial charge in [-0.05, 0) is 42.0 Å². The molecule has 0 unspecified atom stereocenters. The van der Waals surface area contributed by atoms with Crippen molar-refractivity contribution in [1.29, 1.82) is 0 Å². The molecule has 2 aromatic carbocycles. The Morgan fingerprint density at radius 1 is 1.05 bits per heavy atom. The minimum Gasteiger partial charge on any atom is -0.322 e. The van der Waals surface area contributed by atoms with E-state index < -0.39 is 10.0 Å². The Labute approximate surface area is 131 Å². The molecule has 2 aromatic rings. The fourth-order valence-corrected chi connectivity index (χ4v) is 2.57. The van der Waals surface area contributed by atoms with Crippen molar-refractivity contribution in [2.75, 3.05) is 5.32 Å². The number of hydrogen-bond acceptors (Lipinski definition) is 3. The standard InChI is InChI=1S/C14H13BrN2O3S/c15-9-10-1-3-11(4-2-10)14(18)17-12-5-7-13(8-6-12)21(16,19)20/h1-8H,9H2,(H,17,18)(H2,16,19,20). The highest BCUT2D eigenvalue weighted by molar-refractivity contribution is 9.08. The van der Waals surface area contributed by atoms with Gasteiger partial charge in [0.15, 0.2) is 0 Å². The van der Waals surface area contributed by atoms with Gasteiger partial charge in [-0.15, -0.1) is 0 Å². The van der Waals surface area contributed by atoms with Gasteiger partial charge >= 0.3 is 0 Å². The first-order valence-corrected chi connectivity index (χ1v) is 8.66. The fraction of sp³-hybridized carbons (Fsp3) is 0.0714. The molecular weight excluding hydrogens is 356 g/mol. The quantitative estimate of drug-likeness (QED) is 0.812. The Bertz CT molecular complexity index is 741. The predicted molar refractivity (Wildman–Crippen MR) is 84.8 cm³/mol. The van der Waals surface area contributed by atoms with Crippen molar-refractivity contribution in [2.45, 2.75) is 10.2 Å². The van der Waals surface area contributed by atoms with Gasteiger partial charge < -0.3 is 5.32 Å². The fourth-order valence-electron chi connectivity index (χ4n) is 1.68. The number of nitrogens with two attached hydrogens (primary N) is 1. The van der Waals surface area contributed by atoms with E-state index in [2.05, 4.69) is 21.2 Å². The number of benzene rings is 2. The minimum atomic E-state index is -3.73. The monoisotopic (exact) mass is 368 g/mol. The molecular formula is C14H13BrN2O3S. The predicted octanol–water partition coefficient (Wildman–Crippen LogP) is 2.48. The maximum atomic E-state index is 12.0. The molecule has 0 spiro atoms. The van der Waals surface area contributed by atoms with E-state index >= 15 is 0 Å². The molecule has 5 nitrogen and oxygen atoms in total. The van der Waals surface area contributed by atoms with Gasteiger partial charge in [-0.3, -0.25) is 4.79 Å². The summed E-state index contributed by atoms with van der Waals surface area (Å²) in [5.41, 5.74) is 2.09. The number of anilines is 1. The molecule has 0 aliphatic rings. The van der Waals surface area contributed by atoms with E-state index in [0.717, 1.165) is 10.9 Å². The molecule has 21 heavy (non-hydrogen) atoms. The molecule has 0 aliphatic heterocycles. The van der Waals surface area contributed by atoms with Crippen molar-refractivity contribution >= 4 is 37.5 Å². The highest BCUT2D eigenvalue weighted by Gasteiger charge is 2.09. The van der Waals surface area contributed by atoms with Crippen LogP contribution in [0.1, 0.15) is 15.9 Å². The highest BCUT2D eigenvalue weighted by Crippen LogP contribution is 2.14. The Kier molecular flexibility index (Phi) is 4.76. The van der Waals surface area contributed by atoms with E-state index in [-0.39, 0.29) is 10.8 Å². The van der Waals surface area contributed by atoms with Gasteiger partial charge in [0.2, 0.25) is 10.0 Å². The number of alkyl halides is 1. The van der Waals surface area contributed by atoms with Crippen molar-refractivity contribution < 1.29 is 13.2 Å². The van der Waals surface area contributed by atoms with E-state index in [4.69, 9.17) is 5.14 Å². The van der Waals surface area contributed by atoms with Crippen LogP contribution < -0.4 is 10.5 Å². The van der Waals surface area contributed by atoms with Crippen LogP contribution in [0, 0.1) is 0 Å². The lowest BCUT2D eigenvalue weighted by Crippen LogP contribution is -2.13. The number of amides is 1.